The van der Waals surface area contributed by atoms with Crippen molar-refractivity contribution in [2.45, 2.75) is 65.0 Å². The first-order chi connectivity index (χ1) is 9.67. The van der Waals surface area contributed by atoms with Gasteiger partial charge in [0.1, 0.15) is 0 Å². The predicted octanol–water partition coefficient (Wildman–Crippen LogP) is 3.96. The van der Waals surface area contributed by atoms with Crippen molar-refractivity contribution in [3.05, 3.63) is 34.9 Å². The second-order valence-electron chi connectivity index (χ2n) is 6.24. The molecule has 0 aliphatic carbocycles. The Labute approximate surface area is 124 Å². The molecule has 1 aliphatic rings. The summed E-state index contributed by atoms with van der Waals surface area (Å²) in [6.45, 7) is 8.62. The van der Waals surface area contributed by atoms with E-state index in [1.54, 1.807) is 0 Å². The smallest absolute Gasteiger partial charge is 0.0473 e. The Morgan fingerprint density at radius 2 is 2.00 bits per heavy atom. The van der Waals surface area contributed by atoms with Crippen LogP contribution < -0.4 is 5.73 Å². The van der Waals surface area contributed by atoms with Crippen LogP contribution in [0.4, 0.5) is 0 Å². The minimum absolute atomic E-state index is 0.386. The number of hydrogen-bond donors (Lipinski definition) is 1. The Balaban J connectivity index is 2.26. The molecule has 0 aromatic heterocycles. The van der Waals surface area contributed by atoms with Crippen LogP contribution in [0.2, 0.25) is 0 Å². The first-order valence-corrected chi connectivity index (χ1v) is 8.20. The van der Waals surface area contributed by atoms with Crippen molar-refractivity contribution in [2.24, 2.45) is 5.73 Å². The zero-order valence-electron chi connectivity index (χ0n) is 13.4. The quantitative estimate of drug-likeness (QED) is 0.900. The van der Waals surface area contributed by atoms with Crippen molar-refractivity contribution in [3.8, 4) is 0 Å². The molecule has 2 atom stereocenters. The molecule has 20 heavy (non-hydrogen) atoms. The van der Waals surface area contributed by atoms with Crippen molar-refractivity contribution >= 4 is 0 Å². The van der Waals surface area contributed by atoms with Crippen LogP contribution in [0.5, 0.6) is 0 Å². The molecule has 1 saturated heterocycles. The predicted molar refractivity (Wildman–Crippen MR) is 87.0 cm³/mol. The van der Waals surface area contributed by atoms with E-state index in [0.29, 0.717) is 12.1 Å². The van der Waals surface area contributed by atoms with Gasteiger partial charge in [-0.15, -0.1) is 0 Å². The normalized spacial score (nSPS) is 22.5. The summed E-state index contributed by atoms with van der Waals surface area (Å²) in [5.41, 5.74) is 10.3. The van der Waals surface area contributed by atoms with Crippen molar-refractivity contribution in [1.29, 1.82) is 0 Å². The minimum Gasteiger partial charge on any atom is -0.329 e. The molecule has 1 aromatic carbocycles. The van der Waals surface area contributed by atoms with Crippen molar-refractivity contribution in [1.82, 2.24) is 4.90 Å². The van der Waals surface area contributed by atoms with E-state index in [1.807, 2.05) is 0 Å². The Bertz CT molecular complexity index is 427. The minimum atomic E-state index is 0.386. The van der Waals surface area contributed by atoms with Gasteiger partial charge in [0.05, 0.1) is 0 Å². The van der Waals surface area contributed by atoms with Gasteiger partial charge in [-0.3, -0.25) is 4.90 Å². The third-order valence-electron chi connectivity index (χ3n) is 4.93. The van der Waals surface area contributed by atoms with Crippen LogP contribution in [0, 0.1) is 13.8 Å². The molecule has 1 aromatic rings. The SMILES string of the molecule is CCC1CCCCCN1C(CN)c1ccc(C)c(C)c1. The fourth-order valence-corrected chi connectivity index (χ4v) is 3.48. The van der Waals surface area contributed by atoms with Crippen molar-refractivity contribution in [2.75, 3.05) is 13.1 Å². The maximum Gasteiger partial charge on any atom is 0.0473 e. The summed E-state index contributed by atoms with van der Waals surface area (Å²) in [6.07, 6.45) is 6.63. The average molecular weight is 274 g/mol. The lowest BCUT2D eigenvalue weighted by Gasteiger charge is -2.36. The van der Waals surface area contributed by atoms with Gasteiger partial charge in [0, 0.05) is 18.6 Å². The van der Waals surface area contributed by atoms with Crippen LogP contribution in [0.25, 0.3) is 0 Å². The van der Waals surface area contributed by atoms with Gasteiger partial charge in [0.25, 0.3) is 0 Å². The summed E-state index contributed by atoms with van der Waals surface area (Å²) >= 11 is 0. The van der Waals surface area contributed by atoms with Crippen LogP contribution in [-0.4, -0.2) is 24.0 Å². The number of nitrogens with zero attached hydrogens (tertiary/aromatic N) is 1. The molecule has 0 radical (unpaired) electrons. The molecule has 1 aliphatic heterocycles. The largest absolute Gasteiger partial charge is 0.329 e. The van der Waals surface area contributed by atoms with Crippen molar-refractivity contribution < 1.29 is 0 Å². The van der Waals surface area contributed by atoms with E-state index in [-0.39, 0.29) is 0 Å². The monoisotopic (exact) mass is 274 g/mol. The molecule has 2 nitrogen and oxygen atoms in total. The molecule has 2 unspecified atom stereocenters. The number of likely N-dealkylation sites (tertiary alicyclic amines) is 1. The average Bonchev–Trinajstić information content (AvgIpc) is 2.69. The third kappa shape index (κ3) is 3.42. The summed E-state index contributed by atoms with van der Waals surface area (Å²) in [5, 5.41) is 0. The first kappa shape index (κ1) is 15.5. The topological polar surface area (TPSA) is 29.3 Å². The van der Waals surface area contributed by atoms with Crippen LogP contribution in [0.15, 0.2) is 18.2 Å². The van der Waals surface area contributed by atoms with Crippen LogP contribution in [0.1, 0.15) is 61.8 Å². The molecule has 112 valence electrons. The van der Waals surface area contributed by atoms with Crippen LogP contribution >= 0.6 is 0 Å². The van der Waals surface area contributed by atoms with Gasteiger partial charge in [-0.1, -0.05) is 38.0 Å². The Kier molecular flexibility index (Phi) is 5.62. The van der Waals surface area contributed by atoms with E-state index in [2.05, 4.69) is 43.9 Å². The van der Waals surface area contributed by atoms with Gasteiger partial charge in [0.2, 0.25) is 0 Å². The third-order valence-corrected chi connectivity index (χ3v) is 4.93. The van der Waals surface area contributed by atoms with E-state index in [9.17, 15) is 0 Å². The maximum atomic E-state index is 6.15. The highest BCUT2D eigenvalue weighted by molar-refractivity contribution is 5.32. The molecule has 0 saturated carbocycles. The fourth-order valence-electron chi connectivity index (χ4n) is 3.48. The van der Waals surface area contributed by atoms with Gasteiger partial charge in [-0.05, 0) is 56.3 Å². The highest BCUT2D eigenvalue weighted by atomic mass is 15.2. The zero-order valence-corrected chi connectivity index (χ0v) is 13.4. The summed E-state index contributed by atoms with van der Waals surface area (Å²) in [5.74, 6) is 0. The summed E-state index contributed by atoms with van der Waals surface area (Å²) < 4.78 is 0. The standard InChI is InChI=1S/C18H30N2/c1-4-17-8-6-5-7-11-20(17)18(13-19)16-10-9-14(2)15(3)12-16/h9-10,12,17-18H,4-8,11,13,19H2,1-3H3. The van der Waals surface area contributed by atoms with E-state index >= 15 is 0 Å². The van der Waals surface area contributed by atoms with Gasteiger partial charge in [0.15, 0.2) is 0 Å². The molecule has 0 bridgehead atoms. The van der Waals surface area contributed by atoms with Crippen LogP contribution in [0.3, 0.4) is 0 Å². The highest BCUT2D eigenvalue weighted by Gasteiger charge is 2.26. The first-order valence-electron chi connectivity index (χ1n) is 8.20. The number of hydrogen-bond acceptors (Lipinski definition) is 2. The lowest BCUT2D eigenvalue weighted by Crippen LogP contribution is -2.41. The molecule has 1 heterocycles. The lowest BCUT2D eigenvalue weighted by atomic mass is 9.97. The van der Waals surface area contributed by atoms with Gasteiger partial charge in [-0.25, -0.2) is 0 Å². The number of nitrogens with two attached hydrogens (primary N) is 1. The number of aryl methyl sites for hydroxylation is 2. The molecule has 0 spiro atoms. The molecule has 1 fully saturated rings. The van der Waals surface area contributed by atoms with Gasteiger partial charge in [-0.2, -0.15) is 0 Å². The zero-order chi connectivity index (χ0) is 14.5. The van der Waals surface area contributed by atoms with Gasteiger partial charge < -0.3 is 5.73 Å². The molecular weight excluding hydrogens is 244 g/mol. The maximum absolute atomic E-state index is 6.15. The molecule has 2 heteroatoms. The fraction of sp³-hybridized carbons (Fsp3) is 0.667. The van der Waals surface area contributed by atoms with E-state index in [1.165, 1.54) is 55.3 Å². The second kappa shape index (κ2) is 7.24. The number of benzene rings is 1. The second-order valence-corrected chi connectivity index (χ2v) is 6.24. The molecule has 2 rings (SSSR count). The van der Waals surface area contributed by atoms with Gasteiger partial charge >= 0.3 is 0 Å². The summed E-state index contributed by atoms with van der Waals surface area (Å²) in [4.78, 5) is 2.68. The van der Waals surface area contributed by atoms with E-state index in [4.69, 9.17) is 5.73 Å². The van der Waals surface area contributed by atoms with Crippen molar-refractivity contribution in [3.63, 3.8) is 0 Å². The Morgan fingerprint density at radius 1 is 1.20 bits per heavy atom. The summed E-state index contributed by atoms with van der Waals surface area (Å²) in [6, 6.07) is 7.94. The number of rotatable bonds is 4. The lowest BCUT2D eigenvalue weighted by molar-refractivity contribution is 0.136. The summed E-state index contributed by atoms with van der Waals surface area (Å²) in [7, 11) is 0. The van der Waals surface area contributed by atoms with E-state index < -0.39 is 0 Å². The highest BCUT2D eigenvalue weighted by Crippen LogP contribution is 2.29. The molecule has 0 amide bonds. The Hall–Kier alpha value is -0.860. The molecule has 2 N–H and O–H groups in total. The molecular formula is C18H30N2. The van der Waals surface area contributed by atoms with Crippen LogP contribution in [-0.2, 0) is 0 Å². The Morgan fingerprint density at radius 3 is 2.65 bits per heavy atom. The van der Waals surface area contributed by atoms with E-state index in [0.717, 1.165) is 6.54 Å².